The number of hydrogen-bond acceptors (Lipinski definition) is 5. The normalized spacial score (nSPS) is 29.8. The summed E-state index contributed by atoms with van der Waals surface area (Å²) in [7, 11) is 2.19. The first-order valence-corrected chi connectivity index (χ1v) is 7.67. The third-order valence-electron chi connectivity index (χ3n) is 4.11. The maximum absolute atomic E-state index is 4.95. The highest BCUT2D eigenvalue weighted by Crippen LogP contribution is 2.40. The van der Waals surface area contributed by atoms with Crippen LogP contribution in [-0.2, 0) is 0 Å². The van der Waals surface area contributed by atoms with Crippen LogP contribution in [0.1, 0.15) is 25.7 Å². The fourth-order valence-corrected chi connectivity index (χ4v) is 4.09. The van der Waals surface area contributed by atoms with Crippen molar-refractivity contribution < 1.29 is 0 Å². The van der Waals surface area contributed by atoms with Crippen LogP contribution >= 0.6 is 11.8 Å². The van der Waals surface area contributed by atoms with Gasteiger partial charge < -0.3 is 4.90 Å². The van der Waals surface area contributed by atoms with Gasteiger partial charge in [0.15, 0.2) is 5.17 Å². The van der Waals surface area contributed by atoms with Crippen molar-refractivity contribution in [3.8, 4) is 0 Å². The zero-order valence-electron chi connectivity index (χ0n) is 10.6. The van der Waals surface area contributed by atoms with Crippen LogP contribution in [0.5, 0.6) is 0 Å². The highest BCUT2D eigenvalue weighted by atomic mass is 32.2. The van der Waals surface area contributed by atoms with E-state index < -0.39 is 0 Å². The molecule has 5 heteroatoms. The molecule has 0 bridgehead atoms. The number of nitrogens with zero attached hydrogens (tertiary/aromatic N) is 3. The first-order valence-electron chi connectivity index (χ1n) is 6.69. The minimum absolute atomic E-state index is 0.305. The quantitative estimate of drug-likeness (QED) is 0.760. The average Bonchev–Trinajstić information content (AvgIpc) is 2.94. The van der Waals surface area contributed by atoms with Gasteiger partial charge in [-0.1, -0.05) is 24.6 Å². The molecule has 0 aromatic carbocycles. The van der Waals surface area contributed by atoms with Crippen LogP contribution in [-0.4, -0.2) is 59.6 Å². The first kappa shape index (κ1) is 11.8. The van der Waals surface area contributed by atoms with Crippen LogP contribution in [0.4, 0.5) is 0 Å². The van der Waals surface area contributed by atoms with Gasteiger partial charge in [-0.05, 0) is 19.9 Å². The van der Waals surface area contributed by atoms with Gasteiger partial charge in [-0.2, -0.15) is 0 Å². The summed E-state index contributed by atoms with van der Waals surface area (Å²) in [6, 6.07) is 0. The molecule has 2 fully saturated rings. The van der Waals surface area contributed by atoms with Crippen LogP contribution in [0, 0.1) is 0 Å². The van der Waals surface area contributed by atoms with Crippen molar-refractivity contribution in [3.63, 3.8) is 0 Å². The lowest BCUT2D eigenvalue weighted by molar-refractivity contribution is 0.131. The topological polar surface area (TPSA) is 30.9 Å². The highest BCUT2D eigenvalue weighted by molar-refractivity contribution is 8.14. The van der Waals surface area contributed by atoms with Crippen LogP contribution in [0.15, 0.2) is 4.99 Å². The van der Waals surface area contributed by atoms with E-state index in [0.29, 0.717) is 5.54 Å². The van der Waals surface area contributed by atoms with Crippen molar-refractivity contribution in [1.29, 1.82) is 0 Å². The molecule has 0 unspecified atom stereocenters. The molecule has 0 atom stereocenters. The van der Waals surface area contributed by atoms with E-state index in [2.05, 4.69) is 22.4 Å². The molecule has 0 radical (unpaired) electrons. The zero-order chi connectivity index (χ0) is 11.7. The number of nitrogens with one attached hydrogen (secondary N) is 1. The second-order valence-corrected chi connectivity index (χ2v) is 6.50. The molecule has 96 valence electrons. The largest absolute Gasteiger partial charge is 0.304 e. The fourth-order valence-electron chi connectivity index (χ4n) is 2.88. The summed E-state index contributed by atoms with van der Waals surface area (Å²) in [5.41, 5.74) is 3.81. The standard InChI is InChI=1S/C12H22N4S/c1-15-6-8-16(9-7-15)14-11-13-12(10-17-11)4-2-3-5-12/h2-10H2,1H3,(H,13,14). The molecule has 1 saturated carbocycles. The van der Waals surface area contributed by atoms with Gasteiger partial charge in [-0.15, -0.1) is 0 Å². The predicted molar refractivity (Wildman–Crippen MR) is 73.3 cm³/mol. The monoisotopic (exact) mass is 254 g/mol. The van der Waals surface area contributed by atoms with Gasteiger partial charge in [-0.3, -0.25) is 10.4 Å². The number of amidine groups is 1. The molecular formula is C12H22N4S. The van der Waals surface area contributed by atoms with Crippen molar-refractivity contribution in [3.05, 3.63) is 0 Å². The minimum atomic E-state index is 0.305. The van der Waals surface area contributed by atoms with Gasteiger partial charge >= 0.3 is 0 Å². The lowest BCUT2D eigenvalue weighted by Crippen LogP contribution is -2.51. The number of piperazine rings is 1. The maximum Gasteiger partial charge on any atom is 0.171 e. The van der Waals surface area contributed by atoms with Gasteiger partial charge in [0.1, 0.15) is 0 Å². The Morgan fingerprint density at radius 2 is 1.88 bits per heavy atom. The van der Waals surface area contributed by atoms with E-state index in [1.165, 1.54) is 31.4 Å². The number of hydrazine groups is 1. The van der Waals surface area contributed by atoms with Crippen LogP contribution in [0.2, 0.25) is 0 Å². The Labute approximate surface area is 108 Å². The number of hydrogen-bond donors (Lipinski definition) is 1. The van der Waals surface area contributed by atoms with E-state index in [4.69, 9.17) is 4.99 Å². The summed E-state index contributed by atoms with van der Waals surface area (Å²) < 4.78 is 0. The molecular weight excluding hydrogens is 232 g/mol. The molecule has 1 spiro atoms. The average molecular weight is 254 g/mol. The molecule has 1 N–H and O–H groups in total. The minimum Gasteiger partial charge on any atom is -0.304 e. The lowest BCUT2D eigenvalue weighted by Gasteiger charge is -2.32. The molecule has 1 aliphatic carbocycles. The lowest BCUT2D eigenvalue weighted by atomic mass is 10.0. The second kappa shape index (κ2) is 4.78. The summed E-state index contributed by atoms with van der Waals surface area (Å²) in [5.74, 6) is 1.20. The van der Waals surface area contributed by atoms with Gasteiger partial charge in [0.25, 0.3) is 0 Å². The van der Waals surface area contributed by atoms with E-state index in [1.54, 1.807) is 0 Å². The Kier molecular flexibility index (Phi) is 3.32. The van der Waals surface area contributed by atoms with Crippen molar-refractivity contribution in [2.75, 3.05) is 39.0 Å². The Morgan fingerprint density at radius 1 is 1.18 bits per heavy atom. The van der Waals surface area contributed by atoms with Gasteiger partial charge in [-0.25, -0.2) is 5.01 Å². The summed E-state index contributed by atoms with van der Waals surface area (Å²) in [4.78, 5) is 7.32. The third-order valence-corrected chi connectivity index (χ3v) is 5.25. The summed E-state index contributed by atoms with van der Waals surface area (Å²) in [6.45, 7) is 4.50. The molecule has 4 nitrogen and oxygen atoms in total. The Hall–Kier alpha value is -0.260. The van der Waals surface area contributed by atoms with E-state index in [0.717, 1.165) is 31.3 Å². The molecule has 2 heterocycles. The first-order chi connectivity index (χ1) is 8.26. The number of aliphatic imine (C=N–C) groups is 1. The van der Waals surface area contributed by atoms with Crippen molar-refractivity contribution in [2.24, 2.45) is 4.99 Å². The van der Waals surface area contributed by atoms with E-state index in [-0.39, 0.29) is 0 Å². The van der Waals surface area contributed by atoms with Gasteiger partial charge in [0.2, 0.25) is 0 Å². The number of thioether (sulfide) groups is 1. The molecule has 1 saturated heterocycles. The van der Waals surface area contributed by atoms with Crippen molar-refractivity contribution >= 4 is 16.9 Å². The van der Waals surface area contributed by atoms with Crippen LogP contribution < -0.4 is 5.43 Å². The molecule has 0 aromatic heterocycles. The molecule has 0 aromatic rings. The Bertz CT molecular complexity index is 304. The van der Waals surface area contributed by atoms with Gasteiger partial charge in [0.05, 0.1) is 5.54 Å². The predicted octanol–water partition coefficient (Wildman–Crippen LogP) is 1.15. The van der Waals surface area contributed by atoms with E-state index in [1.807, 2.05) is 11.8 Å². The van der Waals surface area contributed by atoms with Crippen LogP contribution in [0.25, 0.3) is 0 Å². The molecule has 3 aliphatic rings. The van der Waals surface area contributed by atoms with Crippen molar-refractivity contribution in [2.45, 2.75) is 31.2 Å². The van der Waals surface area contributed by atoms with Crippen molar-refractivity contribution in [1.82, 2.24) is 15.3 Å². The zero-order valence-corrected chi connectivity index (χ0v) is 11.4. The fraction of sp³-hybridized carbons (Fsp3) is 0.917. The van der Waals surface area contributed by atoms with Crippen LogP contribution in [0.3, 0.4) is 0 Å². The highest BCUT2D eigenvalue weighted by Gasteiger charge is 2.38. The summed E-state index contributed by atoms with van der Waals surface area (Å²) >= 11 is 1.92. The summed E-state index contributed by atoms with van der Waals surface area (Å²) in [5, 5.41) is 3.48. The second-order valence-electron chi connectivity index (χ2n) is 5.54. The summed E-state index contributed by atoms with van der Waals surface area (Å²) in [6.07, 6.45) is 5.33. The molecule has 2 aliphatic heterocycles. The Morgan fingerprint density at radius 3 is 2.59 bits per heavy atom. The third kappa shape index (κ3) is 2.61. The Balaban J connectivity index is 1.55. The van der Waals surface area contributed by atoms with Gasteiger partial charge in [0, 0.05) is 31.9 Å². The molecule has 17 heavy (non-hydrogen) atoms. The molecule has 3 rings (SSSR count). The smallest absolute Gasteiger partial charge is 0.171 e. The molecule has 0 amide bonds. The van der Waals surface area contributed by atoms with E-state index in [9.17, 15) is 0 Å². The number of rotatable bonds is 1. The number of likely N-dealkylation sites (N-methyl/N-ethyl adjacent to an activating group) is 1. The maximum atomic E-state index is 4.95. The van der Waals surface area contributed by atoms with E-state index >= 15 is 0 Å². The SMILES string of the molecule is CN1CCN(NC2=NC3(CCCC3)CS2)CC1.